The topological polar surface area (TPSA) is 67.4 Å². The van der Waals surface area contributed by atoms with Gasteiger partial charge in [0.15, 0.2) is 0 Å². The molecule has 1 heterocycles. The van der Waals surface area contributed by atoms with Crippen LogP contribution in [-0.2, 0) is 14.8 Å². The monoisotopic (exact) mass is 250 g/mol. The van der Waals surface area contributed by atoms with Crippen molar-refractivity contribution in [1.29, 1.82) is 0 Å². The Labute approximate surface area is 98.0 Å². The Morgan fingerprint density at radius 1 is 1.50 bits per heavy atom. The van der Waals surface area contributed by atoms with Crippen molar-refractivity contribution >= 4 is 10.0 Å². The van der Waals surface area contributed by atoms with Gasteiger partial charge in [-0.3, -0.25) is 0 Å². The number of nitrogens with one attached hydrogen (secondary N) is 2. The number of rotatable bonds is 8. The van der Waals surface area contributed by atoms with Crippen LogP contribution in [0, 0.1) is 0 Å². The van der Waals surface area contributed by atoms with E-state index in [0.717, 1.165) is 19.4 Å². The third-order valence-electron chi connectivity index (χ3n) is 2.74. The van der Waals surface area contributed by atoms with Gasteiger partial charge in [-0.1, -0.05) is 0 Å². The quantitative estimate of drug-likeness (QED) is 0.599. The summed E-state index contributed by atoms with van der Waals surface area (Å²) < 4.78 is 30.4. The van der Waals surface area contributed by atoms with E-state index in [2.05, 4.69) is 10.0 Å². The second-order valence-electron chi connectivity index (χ2n) is 4.14. The normalized spacial score (nSPS) is 21.4. The fourth-order valence-electron chi connectivity index (χ4n) is 1.86. The Bertz CT molecular complexity index is 274. The standard InChI is InChI=1S/C10H22N2O3S/c1-15-8-3-9-16(13,14)12-7-5-10-4-2-6-11-10/h10-12H,2-9H2,1H3. The van der Waals surface area contributed by atoms with Gasteiger partial charge in [-0.2, -0.15) is 0 Å². The van der Waals surface area contributed by atoms with E-state index in [1.807, 2.05) is 0 Å². The molecule has 16 heavy (non-hydrogen) atoms. The second-order valence-corrected chi connectivity index (χ2v) is 6.07. The minimum absolute atomic E-state index is 0.152. The summed E-state index contributed by atoms with van der Waals surface area (Å²) in [5, 5.41) is 3.34. The third-order valence-corrected chi connectivity index (χ3v) is 4.21. The third kappa shape index (κ3) is 5.79. The molecule has 5 nitrogen and oxygen atoms in total. The van der Waals surface area contributed by atoms with E-state index in [1.165, 1.54) is 6.42 Å². The van der Waals surface area contributed by atoms with Crippen molar-refractivity contribution in [3.05, 3.63) is 0 Å². The predicted molar refractivity (Wildman–Crippen MR) is 63.9 cm³/mol. The molecule has 0 aromatic rings. The lowest BCUT2D eigenvalue weighted by molar-refractivity contribution is 0.199. The van der Waals surface area contributed by atoms with E-state index in [4.69, 9.17) is 4.74 Å². The highest BCUT2D eigenvalue weighted by molar-refractivity contribution is 7.89. The molecule has 0 spiro atoms. The summed E-state index contributed by atoms with van der Waals surface area (Å²) in [5.41, 5.74) is 0. The molecule has 1 unspecified atom stereocenters. The van der Waals surface area contributed by atoms with E-state index in [1.54, 1.807) is 7.11 Å². The molecule has 1 fully saturated rings. The number of hydrogen-bond donors (Lipinski definition) is 2. The highest BCUT2D eigenvalue weighted by Gasteiger charge is 2.15. The molecule has 6 heteroatoms. The first-order chi connectivity index (χ1) is 7.64. The Kier molecular flexibility index (Phi) is 6.26. The van der Waals surface area contributed by atoms with Crippen LogP contribution in [0.25, 0.3) is 0 Å². The molecule has 0 radical (unpaired) electrons. The molecule has 2 N–H and O–H groups in total. The van der Waals surface area contributed by atoms with Crippen LogP contribution in [0.15, 0.2) is 0 Å². The summed E-state index contributed by atoms with van der Waals surface area (Å²) in [7, 11) is -1.53. The zero-order valence-electron chi connectivity index (χ0n) is 9.87. The van der Waals surface area contributed by atoms with Crippen LogP contribution >= 0.6 is 0 Å². The van der Waals surface area contributed by atoms with Crippen molar-refractivity contribution in [2.24, 2.45) is 0 Å². The summed E-state index contributed by atoms with van der Waals surface area (Å²) in [4.78, 5) is 0. The summed E-state index contributed by atoms with van der Waals surface area (Å²) in [6.07, 6.45) is 3.79. The van der Waals surface area contributed by atoms with Crippen LogP contribution in [0.5, 0.6) is 0 Å². The van der Waals surface area contributed by atoms with Gasteiger partial charge >= 0.3 is 0 Å². The molecule has 0 saturated carbocycles. The Morgan fingerprint density at radius 2 is 2.31 bits per heavy atom. The van der Waals surface area contributed by atoms with E-state index >= 15 is 0 Å². The summed E-state index contributed by atoms with van der Waals surface area (Å²) >= 11 is 0. The zero-order valence-corrected chi connectivity index (χ0v) is 10.7. The average Bonchev–Trinajstić information content (AvgIpc) is 2.70. The zero-order chi connectivity index (χ0) is 11.9. The van der Waals surface area contributed by atoms with Crippen LogP contribution in [-0.4, -0.2) is 47.0 Å². The minimum atomic E-state index is -3.10. The molecule has 0 aromatic heterocycles. The molecule has 0 aromatic carbocycles. The van der Waals surface area contributed by atoms with Crippen molar-refractivity contribution in [1.82, 2.24) is 10.0 Å². The minimum Gasteiger partial charge on any atom is -0.385 e. The van der Waals surface area contributed by atoms with Gasteiger partial charge in [0.1, 0.15) is 0 Å². The van der Waals surface area contributed by atoms with Crippen molar-refractivity contribution in [3.8, 4) is 0 Å². The van der Waals surface area contributed by atoms with Crippen LogP contribution < -0.4 is 10.0 Å². The molecule has 0 bridgehead atoms. The second kappa shape index (κ2) is 7.21. The van der Waals surface area contributed by atoms with Crippen molar-refractivity contribution < 1.29 is 13.2 Å². The van der Waals surface area contributed by atoms with Gasteiger partial charge in [0.05, 0.1) is 5.75 Å². The molecule has 1 rings (SSSR count). The van der Waals surface area contributed by atoms with Gasteiger partial charge in [0.25, 0.3) is 0 Å². The molecule has 1 aliphatic rings. The average molecular weight is 250 g/mol. The smallest absolute Gasteiger partial charge is 0.211 e. The Balaban J connectivity index is 2.09. The largest absolute Gasteiger partial charge is 0.385 e. The molecule has 1 atom stereocenters. The Morgan fingerprint density at radius 3 is 2.94 bits per heavy atom. The van der Waals surface area contributed by atoms with Gasteiger partial charge in [0, 0.05) is 26.3 Å². The van der Waals surface area contributed by atoms with E-state index in [9.17, 15) is 8.42 Å². The first kappa shape index (κ1) is 13.9. The number of hydrogen-bond acceptors (Lipinski definition) is 4. The molecule has 0 amide bonds. The summed E-state index contributed by atoms with van der Waals surface area (Å²) in [5.74, 6) is 0.152. The number of sulfonamides is 1. The number of ether oxygens (including phenoxy) is 1. The van der Waals surface area contributed by atoms with Gasteiger partial charge in [0.2, 0.25) is 10.0 Å². The first-order valence-electron chi connectivity index (χ1n) is 5.84. The van der Waals surface area contributed by atoms with Crippen LogP contribution in [0.2, 0.25) is 0 Å². The maximum Gasteiger partial charge on any atom is 0.211 e. The fraction of sp³-hybridized carbons (Fsp3) is 1.00. The number of methoxy groups -OCH3 is 1. The highest BCUT2D eigenvalue weighted by atomic mass is 32.2. The van der Waals surface area contributed by atoms with Crippen LogP contribution in [0.4, 0.5) is 0 Å². The van der Waals surface area contributed by atoms with Crippen molar-refractivity contribution in [3.63, 3.8) is 0 Å². The van der Waals surface area contributed by atoms with E-state index in [-0.39, 0.29) is 5.75 Å². The molecular formula is C10H22N2O3S. The highest BCUT2D eigenvalue weighted by Crippen LogP contribution is 2.07. The van der Waals surface area contributed by atoms with Gasteiger partial charge in [-0.25, -0.2) is 13.1 Å². The van der Waals surface area contributed by atoms with Crippen molar-refractivity contribution in [2.75, 3.05) is 32.6 Å². The van der Waals surface area contributed by atoms with Crippen LogP contribution in [0.1, 0.15) is 25.7 Å². The first-order valence-corrected chi connectivity index (χ1v) is 7.49. The molecule has 96 valence electrons. The maximum absolute atomic E-state index is 11.5. The van der Waals surface area contributed by atoms with Gasteiger partial charge in [-0.15, -0.1) is 0 Å². The fourth-order valence-corrected chi connectivity index (χ4v) is 2.93. The Hall–Kier alpha value is -0.170. The SMILES string of the molecule is COCCCS(=O)(=O)NCCC1CCCN1. The lowest BCUT2D eigenvalue weighted by Gasteiger charge is -2.11. The van der Waals surface area contributed by atoms with Gasteiger partial charge in [-0.05, 0) is 32.2 Å². The summed E-state index contributed by atoms with van der Waals surface area (Å²) in [6, 6.07) is 0.488. The van der Waals surface area contributed by atoms with E-state index in [0.29, 0.717) is 25.6 Å². The van der Waals surface area contributed by atoms with Gasteiger partial charge < -0.3 is 10.1 Å². The van der Waals surface area contributed by atoms with Crippen LogP contribution in [0.3, 0.4) is 0 Å². The van der Waals surface area contributed by atoms with Crippen molar-refractivity contribution in [2.45, 2.75) is 31.7 Å². The molecule has 1 aliphatic heterocycles. The molecular weight excluding hydrogens is 228 g/mol. The lowest BCUT2D eigenvalue weighted by Crippen LogP contribution is -2.32. The predicted octanol–water partition coefficient (Wildman–Crippen LogP) is 0.0844. The maximum atomic E-state index is 11.5. The summed E-state index contributed by atoms with van der Waals surface area (Å²) in [6.45, 7) is 2.09. The van der Waals surface area contributed by atoms with E-state index < -0.39 is 10.0 Å². The molecule has 1 saturated heterocycles. The lowest BCUT2D eigenvalue weighted by atomic mass is 10.2. The molecule has 0 aliphatic carbocycles.